The number of phenolic OH excluding ortho intramolecular Hbond substituents is 1. The average Bonchev–Trinajstić information content (AvgIpc) is 2.73. The van der Waals surface area contributed by atoms with Crippen LogP contribution in [0.1, 0.15) is 22.8 Å². The molecule has 0 aliphatic carbocycles. The lowest BCUT2D eigenvalue weighted by atomic mass is 10.1. The van der Waals surface area contributed by atoms with Crippen molar-refractivity contribution in [1.82, 2.24) is 0 Å². The Morgan fingerprint density at radius 3 is 2.81 bits per heavy atom. The van der Waals surface area contributed by atoms with E-state index in [-0.39, 0.29) is 17.7 Å². The highest BCUT2D eigenvalue weighted by Gasteiger charge is 2.32. The van der Waals surface area contributed by atoms with E-state index in [4.69, 9.17) is 5.73 Å². The Morgan fingerprint density at radius 1 is 1.33 bits per heavy atom. The van der Waals surface area contributed by atoms with Crippen LogP contribution in [0.4, 0.5) is 11.4 Å². The molecule has 0 radical (unpaired) electrons. The minimum absolute atomic E-state index is 0.0227. The molecule has 21 heavy (non-hydrogen) atoms. The molecule has 108 valence electrons. The summed E-state index contributed by atoms with van der Waals surface area (Å²) in [6.45, 7) is 1.99. The van der Waals surface area contributed by atoms with Crippen LogP contribution < -0.4 is 10.6 Å². The lowest BCUT2D eigenvalue weighted by molar-refractivity contribution is 0.0979. The first-order valence-corrected chi connectivity index (χ1v) is 7.47. The van der Waals surface area contributed by atoms with Crippen LogP contribution in [0.5, 0.6) is 5.75 Å². The van der Waals surface area contributed by atoms with Gasteiger partial charge in [0.15, 0.2) is 0 Å². The van der Waals surface area contributed by atoms with E-state index < -0.39 is 0 Å². The molecule has 1 atom stereocenters. The third-order valence-corrected chi connectivity index (χ3v) is 4.22. The van der Waals surface area contributed by atoms with Gasteiger partial charge in [-0.1, -0.05) is 15.9 Å². The Labute approximate surface area is 131 Å². The molecular weight excluding hydrogens is 332 g/mol. The summed E-state index contributed by atoms with van der Waals surface area (Å²) >= 11 is 3.28. The largest absolute Gasteiger partial charge is 0.507 e. The molecule has 1 amide bonds. The van der Waals surface area contributed by atoms with Crippen LogP contribution in [0.2, 0.25) is 0 Å². The van der Waals surface area contributed by atoms with Gasteiger partial charge in [-0.25, -0.2) is 0 Å². The number of halogens is 1. The van der Waals surface area contributed by atoms with Crippen LogP contribution in [0.15, 0.2) is 40.9 Å². The lowest BCUT2D eigenvalue weighted by Crippen LogP contribution is -2.35. The Bertz CT molecular complexity index is 730. The van der Waals surface area contributed by atoms with Crippen molar-refractivity contribution in [3.8, 4) is 5.75 Å². The molecule has 0 spiro atoms. The number of benzene rings is 2. The molecule has 1 aliphatic heterocycles. The fourth-order valence-corrected chi connectivity index (χ4v) is 3.12. The molecule has 3 rings (SSSR count). The van der Waals surface area contributed by atoms with Gasteiger partial charge in [0.05, 0.1) is 5.56 Å². The molecular formula is C16H15BrN2O2. The number of hydrogen-bond acceptors (Lipinski definition) is 3. The fraction of sp³-hybridized carbons (Fsp3) is 0.188. The van der Waals surface area contributed by atoms with Gasteiger partial charge in [-0.3, -0.25) is 4.79 Å². The Kier molecular flexibility index (Phi) is 3.37. The first-order chi connectivity index (χ1) is 9.97. The summed E-state index contributed by atoms with van der Waals surface area (Å²) in [5.41, 5.74) is 8.73. The van der Waals surface area contributed by atoms with E-state index in [0.717, 1.165) is 22.1 Å². The predicted octanol–water partition coefficient (Wildman–Crippen LogP) is 3.33. The van der Waals surface area contributed by atoms with Crippen molar-refractivity contribution in [3.05, 3.63) is 52.0 Å². The SMILES string of the molecule is CC1Cc2cc(N)ccc2N1C(=O)c1ccc(Br)cc1O. The van der Waals surface area contributed by atoms with Crippen LogP contribution >= 0.6 is 15.9 Å². The number of nitrogens with two attached hydrogens (primary N) is 1. The second kappa shape index (κ2) is 5.07. The molecule has 4 nitrogen and oxygen atoms in total. The maximum absolute atomic E-state index is 12.8. The van der Waals surface area contributed by atoms with Crippen molar-refractivity contribution in [2.75, 3.05) is 10.6 Å². The number of nitrogens with zero attached hydrogens (tertiary/aromatic N) is 1. The molecule has 3 N–H and O–H groups in total. The van der Waals surface area contributed by atoms with Crippen molar-refractivity contribution in [2.24, 2.45) is 0 Å². The third kappa shape index (κ3) is 2.38. The molecule has 2 aromatic rings. The Balaban J connectivity index is 2.03. The van der Waals surface area contributed by atoms with Gasteiger partial charge in [0.25, 0.3) is 5.91 Å². The summed E-state index contributed by atoms with van der Waals surface area (Å²) in [7, 11) is 0. The maximum Gasteiger partial charge on any atom is 0.262 e. The van der Waals surface area contributed by atoms with Gasteiger partial charge in [0.2, 0.25) is 0 Å². The van der Waals surface area contributed by atoms with E-state index in [1.807, 2.05) is 19.1 Å². The Hall–Kier alpha value is -2.01. The molecule has 5 heteroatoms. The van der Waals surface area contributed by atoms with Gasteiger partial charge in [-0.15, -0.1) is 0 Å². The standard InChI is InChI=1S/C16H15BrN2O2/c1-9-6-10-7-12(18)3-5-14(10)19(9)16(21)13-4-2-11(17)8-15(13)20/h2-5,7-9,20H,6,18H2,1H3. The number of carbonyl (C=O) groups is 1. The number of nitrogen functional groups attached to an aromatic ring is 1. The molecule has 2 aromatic carbocycles. The van der Waals surface area contributed by atoms with Gasteiger partial charge < -0.3 is 15.7 Å². The molecule has 0 bridgehead atoms. The molecule has 0 fully saturated rings. The quantitative estimate of drug-likeness (QED) is 0.778. The van der Waals surface area contributed by atoms with E-state index in [1.54, 1.807) is 23.1 Å². The summed E-state index contributed by atoms with van der Waals surface area (Å²) < 4.78 is 0.735. The van der Waals surface area contributed by atoms with Gasteiger partial charge in [0.1, 0.15) is 5.75 Å². The van der Waals surface area contributed by atoms with Crippen LogP contribution in [-0.2, 0) is 6.42 Å². The minimum atomic E-state index is -0.198. The summed E-state index contributed by atoms with van der Waals surface area (Å²) in [6, 6.07) is 10.5. The maximum atomic E-state index is 12.8. The molecule has 1 aliphatic rings. The molecule has 0 saturated carbocycles. The predicted molar refractivity (Wildman–Crippen MR) is 86.6 cm³/mol. The summed E-state index contributed by atoms with van der Waals surface area (Å²) in [6.07, 6.45) is 0.767. The van der Waals surface area contributed by atoms with Gasteiger partial charge in [-0.2, -0.15) is 0 Å². The topological polar surface area (TPSA) is 66.6 Å². The highest BCUT2D eigenvalue weighted by atomic mass is 79.9. The second-order valence-corrected chi connectivity index (χ2v) is 6.19. The highest BCUT2D eigenvalue weighted by molar-refractivity contribution is 9.10. The number of aromatic hydroxyl groups is 1. The van der Waals surface area contributed by atoms with Crippen molar-refractivity contribution >= 4 is 33.2 Å². The van der Waals surface area contributed by atoms with Crippen molar-refractivity contribution in [3.63, 3.8) is 0 Å². The van der Waals surface area contributed by atoms with Crippen LogP contribution in [0.25, 0.3) is 0 Å². The minimum Gasteiger partial charge on any atom is -0.507 e. The molecule has 1 heterocycles. The average molecular weight is 347 g/mol. The van der Waals surface area contributed by atoms with E-state index in [1.165, 1.54) is 6.07 Å². The van der Waals surface area contributed by atoms with Gasteiger partial charge in [-0.05, 0) is 55.3 Å². The first kappa shape index (κ1) is 13.9. The number of fused-ring (bicyclic) bond motifs is 1. The summed E-state index contributed by atoms with van der Waals surface area (Å²) in [4.78, 5) is 14.5. The summed E-state index contributed by atoms with van der Waals surface area (Å²) in [5.74, 6) is -0.221. The molecule has 0 aromatic heterocycles. The van der Waals surface area contributed by atoms with E-state index in [2.05, 4.69) is 15.9 Å². The second-order valence-electron chi connectivity index (χ2n) is 5.28. The monoisotopic (exact) mass is 346 g/mol. The number of rotatable bonds is 1. The zero-order valence-corrected chi connectivity index (χ0v) is 13.1. The van der Waals surface area contributed by atoms with Crippen molar-refractivity contribution in [2.45, 2.75) is 19.4 Å². The zero-order valence-electron chi connectivity index (χ0n) is 11.5. The van der Waals surface area contributed by atoms with E-state index >= 15 is 0 Å². The van der Waals surface area contributed by atoms with Gasteiger partial charge >= 0.3 is 0 Å². The summed E-state index contributed by atoms with van der Waals surface area (Å²) in [5, 5.41) is 10.0. The van der Waals surface area contributed by atoms with E-state index in [9.17, 15) is 9.90 Å². The lowest BCUT2D eigenvalue weighted by Gasteiger charge is -2.23. The van der Waals surface area contributed by atoms with Crippen LogP contribution in [-0.4, -0.2) is 17.1 Å². The number of phenols is 1. The Morgan fingerprint density at radius 2 is 2.10 bits per heavy atom. The van der Waals surface area contributed by atoms with Crippen LogP contribution in [0, 0.1) is 0 Å². The third-order valence-electron chi connectivity index (χ3n) is 3.73. The normalized spacial score (nSPS) is 16.9. The van der Waals surface area contributed by atoms with Crippen LogP contribution in [0.3, 0.4) is 0 Å². The zero-order chi connectivity index (χ0) is 15.1. The highest BCUT2D eigenvalue weighted by Crippen LogP contribution is 2.36. The number of amides is 1. The molecule has 0 saturated heterocycles. The smallest absolute Gasteiger partial charge is 0.262 e. The van der Waals surface area contributed by atoms with Gasteiger partial charge in [0, 0.05) is 21.9 Å². The fourth-order valence-electron chi connectivity index (χ4n) is 2.78. The number of hydrogen-bond donors (Lipinski definition) is 2. The first-order valence-electron chi connectivity index (χ1n) is 6.68. The number of carbonyl (C=O) groups excluding carboxylic acids is 1. The van der Waals surface area contributed by atoms with E-state index in [0.29, 0.717) is 11.3 Å². The van der Waals surface area contributed by atoms with Crippen molar-refractivity contribution < 1.29 is 9.90 Å². The van der Waals surface area contributed by atoms with Crippen molar-refractivity contribution in [1.29, 1.82) is 0 Å². The number of anilines is 2. The molecule has 1 unspecified atom stereocenters.